The van der Waals surface area contributed by atoms with Crippen LogP contribution in [0.15, 0.2) is 81.6 Å². The molecule has 1 heterocycles. The van der Waals surface area contributed by atoms with Crippen LogP contribution in [0.1, 0.15) is 17.0 Å². The molecule has 0 saturated heterocycles. The van der Waals surface area contributed by atoms with Gasteiger partial charge in [0.05, 0.1) is 24.2 Å². The Bertz CT molecular complexity index is 1600. The third kappa shape index (κ3) is 6.30. The first kappa shape index (κ1) is 27.1. The van der Waals surface area contributed by atoms with Crippen molar-refractivity contribution >= 4 is 56.2 Å². The van der Waals surface area contributed by atoms with E-state index >= 15 is 0 Å². The lowest BCUT2D eigenvalue weighted by molar-refractivity contribution is -0.118. The summed E-state index contributed by atoms with van der Waals surface area (Å²) in [7, 11) is 1.51. The van der Waals surface area contributed by atoms with Gasteiger partial charge in [-0.25, -0.2) is 4.98 Å². The molecule has 38 heavy (non-hydrogen) atoms. The van der Waals surface area contributed by atoms with Crippen molar-refractivity contribution in [1.82, 2.24) is 9.66 Å². The van der Waals surface area contributed by atoms with Gasteiger partial charge in [0, 0.05) is 20.7 Å². The van der Waals surface area contributed by atoms with E-state index in [-0.39, 0.29) is 18.1 Å². The van der Waals surface area contributed by atoms with Gasteiger partial charge >= 0.3 is 0 Å². The normalized spacial score (nSPS) is 11.1. The molecule has 0 aliphatic heterocycles. The first-order chi connectivity index (χ1) is 18.3. The largest absolute Gasteiger partial charge is 0.493 e. The molecule has 0 radical (unpaired) electrons. The molecule has 8 nitrogen and oxygen atoms in total. The summed E-state index contributed by atoms with van der Waals surface area (Å²) in [6.07, 6.45) is 3.72. The monoisotopic (exact) mass is 594 g/mol. The number of anilines is 1. The van der Waals surface area contributed by atoms with Crippen molar-refractivity contribution in [3.8, 4) is 11.5 Å². The van der Waals surface area contributed by atoms with Crippen molar-refractivity contribution < 1.29 is 14.3 Å². The zero-order valence-corrected chi connectivity index (χ0v) is 23.0. The number of ether oxygens (including phenoxy) is 2. The molecular weight excluding hydrogens is 572 g/mol. The number of aryl methyl sites for hydroxylation is 1. The van der Waals surface area contributed by atoms with Crippen molar-refractivity contribution in [2.24, 2.45) is 5.10 Å². The van der Waals surface area contributed by atoms with E-state index in [4.69, 9.17) is 21.1 Å². The van der Waals surface area contributed by atoms with Crippen LogP contribution in [0, 0.1) is 6.92 Å². The van der Waals surface area contributed by atoms with Crippen LogP contribution in [0.3, 0.4) is 0 Å². The van der Waals surface area contributed by atoms with Crippen LogP contribution in [-0.2, 0) is 11.2 Å². The lowest BCUT2D eigenvalue weighted by atomic mass is 10.1. The van der Waals surface area contributed by atoms with Crippen molar-refractivity contribution in [2.75, 3.05) is 19.0 Å². The lowest BCUT2D eigenvalue weighted by Gasteiger charge is -2.16. The molecule has 10 heteroatoms. The Balaban J connectivity index is 1.60. The Morgan fingerprint density at radius 3 is 2.68 bits per heavy atom. The second-order valence-corrected chi connectivity index (χ2v) is 9.58. The summed E-state index contributed by atoms with van der Waals surface area (Å²) >= 11 is 9.29. The van der Waals surface area contributed by atoms with Crippen molar-refractivity contribution in [3.63, 3.8) is 0 Å². The SMILES string of the molecule is C=CCc1cc(C=Nn2c(C)nc3ccc(Br)cc3c2=O)cc(OC)c1OCC(=O)Nc1ccc(Cl)cc1. The van der Waals surface area contributed by atoms with Crippen LogP contribution in [0.25, 0.3) is 10.9 Å². The average molecular weight is 596 g/mol. The van der Waals surface area contributed by atoms with E-state index in [1.54, 1.807) is 61.7 Å². The second kappa shape index (κ2) is 12.1. The van der Waals surface area contributed by atoms with Gasteiger partial charge in [-0.2, -0.15) is 9.78 Å². The molecule has 1 N–H and O–H groups in total. The van der Waals surface area contributed by atoms with Crippen LogP contribution in [-0.4, -0.2) is 35.5 Å². The van der Waals surface area contributed by atoms with E-state index in [2.05, 4.69) is 37.9 Å². The maximum atomic E-state index is 13.1. The molecule has 0 aliphatic rings. The summed E-state index contributed by atoms with van der Waals surface area (Å²) in [6, 6.07) is 15.7. The average Bonchev–Trinajstić information content (AvgIpc) is 2.89. The number of rotatable bonds is 9. The Labute approximate surface area is 232 Å². The van der Waals surface area contributed by atoms with Gasteiger partial charge in [-0.15, -0.1) is 6.58 Å². The van der Waals surface area contributed by atoms with Gasteiger partial charge in [0.25, 0.3) is 11.5 Å². The number of allylic oxidation sites excluding steroid dienone is 1. The number of fused-ring (bicyclic) bond motifs is 1. The quantitative estimate of drug-likeness (QED) is 0.196. The summed E-state index contributed by atoms with van der Waals surface area (Å²) in [5, 5.41) is 8.18. The topological polar surface area (TPSA) is 94.8 Å². The molecular formula is C28H24BrClN4O4. The number of carbonyl (C=O) groups is 1. The molecule has 0 aliphatic carbocycles. The van der Waals surface area contributed by atoms with Gasteiger partial charge < -0.3 is 14.8 Å². The Morgan fingerprint density at radius 1 is 1.21 bits per heavy atom. The molecule has 1 aromatic heterocycles. The fourth-order valence-electron chi connectivity index (χ4n) is 3.77. The minimum atomic E-state index is -0.338. The highest BCUT2D eigenvalue weighted by Gasteiger charge is 2.15. The number of nitrogens with one attached hydrogen (secondary N) is 1. The summed E-state index contributed by atoms with van der Waals surface area (Å²) in [5.74, 6) is 0.942. The highest BCUT2D eigenvalue weighted by Crippen LogP contribution is 2.33. The minimum Gasteiger partial charge on any atom is -0.493 e. The zero-order chi connectivity index (χ0) is 27.2. The fraction of sp³-hybridized carbons (Fsp3) is 0.143. The highest BCUT2D eigenvalue weighted by atomic mass is 79.9. The second-order valence-electron chi connectivity index (χ2n) is 8.23. The predicted molar refractivity (Wildman–Crippen MR) is 154 cm³/mol. The number of halogens is 2. The van der Waals surface area contributed by atoms with Gasteiger partial charge in [0.2, 0.25) is 0 Å². The maximum absolute atomic E-state index is 13.1. The fourth-order valence-corrected chi connectivity index (χ4v) is 4.26. The van der Waals surface area contributed by atoms with Gasteiger partial charge in [0.15, 0.2) is 18.1 Å². The molecule has 3 aromatic carbocycles. The van der Waals surface area contributed by atoms with Crippen molar-refractivity contribution in [1.29, 1.82) is 0 Å². The van der Waals surface area contributed by atoms with Gasteiger partial charge in [-0.05, 0) is 73.5 Å². The van der Waals surface area contributed by atoms with E-state index in [0.717, 1.165) is 10.0 Å². The number of aromatic nitrogens is 2. The summed E-state index contributed by atoms with van der Waals surface area (Å²) in [6.45, 7) is 5.30. The van der Waals surface area contributed by atoms with Crippen LogP contribution in [0.4, 0.5) is 5.69 Å². The number of hydrogen-bond donors (Lipinski definition) is 1. The predicted octanol–water partition coefficient (Wildman–Crippen LogP) is 5.76. The molecule has 0 spiro atoms. The number of amides is 1. The third-order valence-corrected chi connectivity index (χ3v) is 6.25. The molecule has 0 fully saturated rings. The molecule has 4 aromatic rings. The molecule has 0 bridgehead atoms. The van der Waals surface area contributed by atoms with Crippen LogP contribution < -0.4 is 20.3 Å². The molecule has 4 rings (SSSR count). The maximum Gasteiger partial charge on any atom is 0.282 e. The number of benzene rings is 3. The van der Waals surface area contributed by atoms with Crippen LogP contribution in [0.5, 0.6) is 11.5 Å². The number of hydrogen-bond acceptors (Lipinski definition) is 6. The van der Waals surface area contributed by atoms with E-state index < -0.39 is 0 Å². The van der Waals surface area contributed by atoms with Gasteiger partial charge in [-0.1, -0.05) is 33.6 Å². The van der Waals surface area contributed by atoms with Crippen LogP contribution in [0.2, 0.25) is 5.02 Å². The summed E-state index contributed by atoms with van der Waals surface area (Å²) in [4.78, 5) is 30.0. The Kier molecular flexibility index (Phi) is 8.60. The molecule has 0 atom stereocenters. The lowest BCUT2D eigenvalue weighted by Crippen LogP contribution is -2.21. The first-order valence-corrected chi connectivity index (χ1v) is 12.7. The summed E-state index contributed by atoms with van der Waals surface area (Å²) < 4.78 is 13.4. The van der Waals surface area contributed by atoms with Crippen molar-refractivity contribution in [2.45, 2.75) is 13.3 Å². The highest BCUT2D eigenvalue weighted by molar-refractivity contribution is 9.10. The van der Waals surface area contributed by atoms with E-state index in [0.29, 0.717) is 50.9 Å². The van der Waals surface area contributed by atoms with E-state index in [1.807, 2.05) is 12.1 Å². The minimum absolute atomic E-state index is 0.233. The van der Waals surface area contributed by atoms with Gasteiger partial charge in [0.1, 0.15) is 5.82 Å². The Morgan fingerprint density at radius 2 is 1.97 bits per heavy atom. The first-order valence-electron chi connectivity index (χ1n) is 11.5. The molecule has 0 saturated carbocycles. The van der Waals surface area contributed by atoms with E-state index in [9.17, 15) is 9.59 Å². The van der Waals surface area contributed by atoms with E-state index in [1.165, 1.54) is 11.8 Å². The van der Waals surface area contributed by atoms with Gasteiger partial charge in [-0.3, -0.25) is 9.59 Å². The number of carbonyl (C=O) groups excluding carboxylic acids is 1. The Hall–Kier alpha value is -3.95. The molecule has 0 unspecified atom stereocenters. The number of nitrogens with zero attached hydrogens (tertiary/aromatic N) is 3. The third-order valence-electron chi connectivity index (χ3n) is 5.51. The number of methoxy groups -OCH3 is 1. The van der Waals surface area contributed by atoms with Crippen molar-refractivity contribution in [3.05, 3.63) is 104 Å². The summed E-state index contributed by atoms with van der Waals surface area (Å²) in [5.41, 5.74) is 2.32. The smallest absolute Gasteiger partial charge is 0.282 e. The zero-order valence-electron chi connectivity index (χ0n) is 20.7. The molecule has 194 valence electrons. The standard InChI is InChI=1S/C28H24BrClN4O4/c1-4-5-19-12-18(15-31-34-17(2)32-24-11-6-20(29)14-23(24)28(34)36)13-25(37-3)27(19)38-16-26(35)33-22-9-7-21(30)8-10-22/h4,6-15H,1,5,16H2,2-3H3,(H,33,35). The molecule has 1 amide bonds. The van der Waals surface area contributed by atoms with Crippen LogP contribution >= 0.6 is 27.5 Å².